The van der Waals surface area contributed by atoms with Crippen LogP contribution >= 0.6 is 0 Å². The average molecular weight is 268 g/mol. The molecule has 1 nitrogen and oxygen atoms in total. The van der Waals surface area contributed by atoms with Gasteiger partial charge < -0.3 is 0 Å². The van der Waals surface area contributed by atoms with Crippen molar-refractivity contribution in [1.82, 2.24) is 0 Å². The van der Waals surface area contributed by atoms with E-state index in [9.17, 15) is 3.08 Å². The van der Waals surface area contributed by atoms with Crippen LogP contribution in [-0.2, 0) is 9.50 Å². The Labute approximate surface area is 83.8 Å². The molecule has 0 saturated heterocycles. The van der Waals surface area contributed by atoms with E-state index in [1.165, 1.54) is 12.0 Å². The van der Waals surface area contributed by atoms with Crippen molar-refractivity contribution in [3.63, 3.8) is 0 Å². The summed E-state index contributed by atoms with van der Waals surface area (Å²) >= 11 is -1.16. The van der Waals surface area contributed by atoms with E-state index in [0.717, 1.165) is 17.3 Å². The molecule has 0 saturated carbocycles. The number of unbranched alkanes of at least 4 members (excludes halogenated alkanes) is 1. The minimum absolute atomic E-state index is 0.996. The van der Waals surface area contributed by atoms with Crippen LogP contribution in [0.4, 0.5) is 0 Å². The van der Waals surface area contributed by atoms with Crippen LogP contribution in [-0.4, -0.2) is 21.1 Å². The van der Waals surface area contributed by atoms with Crippen LogP contribution < -0.4 is 0 Å². The predicted molar refractivity (Wildman–Crippen MR) is 50.6 cm³/mol. The Kier molecular flexibility index (Phi) is 5.24. The van der Waals surface area contributed by atoms with Crippen molar-refractivity contribution in [3.05, 3.63) is 35.9 Å². The molecule has 1 aromatic carbocycles. The van der Waals surface area contributed by atoms with Gasteiger partial charge in [-0.1, -0.05) is 0 Å². The number of hydrogen-bond donors (Lipinski definition) is 0. The van der Waals surface area contributed by atoms with Gasteiger partial charge in [0.05, 0.1) is 0 Å². The van der Waals surface area contributed by atoms with Crippen molar-refractivity contribution in [1.29, 1.82) is 0 Å². The fraction of sp³-hybridized carbons (Fsp3) is 0.400. The van der Waals surface area contributed by atoms with E-state index in [0.29, 0.717) is 0 Å². The molecular formula is C10H13OSn. The quantitative estimate of drug-likeness (QED) is 0.592. The first-order chi connectivity index (χ1) is 5.93. The summed E-state index contributed by atoms with van der Waals surface area (Å²) in [5, 5.41) is 0. The molecule has 0 aromatic heterocycles. The van der Waals surface area contributed by atoms with E-state index in [1.54, 1.807) is 0 Å². The molecule has 1 aromatic rings. The molecule has 0 spiro atoms. The van der Waals surface area contributed by atoms with Crippen molar-refractivity contribution in [2.45, 2.75) is 23.7 Å². The molecule has 0 atom stereocenters. The summed E-state index contributed by atoms with van der Waals surface area (Å²) in [5.41, 5.74) is 1.40. The van der Waals surface area contributed by atoms with Gasteiger partial charge in [-0.25, -0.2) is 0 Å². The van der Waals surface area contributed by atoms with E-state index >= 15 is 0 Å². The van der Waals surface area contributed by atoms with Crippen molar-refractivity contribution < 1.29 is 3.08 Å². The van der Waals surface area contributed by atoms with Gasteiger partial charge in [0.1, 0.15) is 0 Å². The zero-order valence-electron chi connectivity index (χ0n) is 7.12. The van der Waals surface area contributed by atoms with Gasteiger partial charge in [-0.3, -0.25) is 0 Å². The zero-order chi connectivity index (χ0) is 8.65. The summed E-state index contributed by atoms with van der Waals surface area (Å²) in [5.74, 6) is 0. The molecule has 0 aliphatic carbocycles. The first-order valence-electron chi connectivity index (χ1n) is 4.32. The Balaban J connectivity index is 2.20. The molecule has 0 unspecified atom stereocenters. The summed E-state index contributed by atoms with van der Waals surface area (Å²) in [7, 11) is 0. The molecule has 0 aliphatic rings. The van der Waals surface area contributed by atoms with Crippen LogP contribution in [0.25, 0.3) is 0 Å². The number of hydrogen-bond acceptors (Lipinski definition) is 1. The van der Waals surface area contributed by atoms with Crippen LogP contribution in [0.15, 0.2) is 30.3 Å². The third-order valence-electron chi connectivity index (χ3n) is 1.84. The molecule has 1 rings (SSSR count). The van der Waals surface area contributed by atoms with Crippen molar-refractivity contribution >= 4 is 21.1 Å². The fourth-order valence-electron chi connectivity index (χ4n) is 1.17. The maximum absolute atomic E-state index is 10.3. The van der Waals surface area contributed by atoms with E-state index in [4.69, 9.17) is 0 Å². The summed E-state index contributed by atoms with van der Waals surface area (Å²) in [6.45, 7) is 0. The summed E-state index contributed by atoms with van der Waals surface area (Å²) in [6.07, 6.45) is 3.47. The Hall–Kier alpha value is -0.181. The van der Waals surface area contributed by atoms with Crippen molar-refractivity contribution in [2.24, 2.45) is 0 Å². The summed E-state index contributed by atoms with van der Waals surface area (Å²) < 4.78 is 11.3. The predicted octanol–water partition coefficient (Wildman–Crippen LogP) is 2.48. The Morgan fingerprint density at radius 1 is 1.08 bits per heavy atom. The molecule has 2 heteroatoms. The minimum atomic E-state index is -1.16. The molecule has 0 aliphatic heterocycles. The van der Waals surface area contributed by atoms with Crippen molar-refractivity contribution in [3.8, 4) is 0 Å². The standard InChI is InChI=1S/C10H13.O.Sn/c1-2-3-7-10-8-5-4-6-9-10;;/h4-6,8-9H,1-3,7H2;;. The second-order valence-electron chi connectivity index (χ2n) is 2.84. The van der Waals surface area contributed by atoms with Crippen LogP contribution in [0.2, 0.25) is 4.44 Å². The molecule has 12 heavy (non-hydrogen) atoms. The fourth-order valence-corrected chi connectivity index (χ4v) is 2.30. The van der Waals surface area contributed by atoms with Gasteiger partial charge in [-0.05, 0) is 0 Å². The Bertz CT molecular complexity index is 221. The van der Waals surface area contributed by atoms with Crippen LogP contribution in [0, 0.1) is 0 Å². The normalized spacial score (nSPS) is 9.67. The molecule has 63 valence electrons. The zero-order valence-corrected chi connectivity index (χ0v) is 9.98. The summed E-state index contributed by atoms with van der Waals surface area (Å²) in [6, 6.07) is 10.5. The van der Waals surface area contributed by atoms with Gasteiger partial charge in [0, 0.05) is 0 Å². The van der Waals surface area contributed by atoms with Crippen LogP contribution in [0.1, 0.15) is 18.4 Å². The molecule has 1 radical (unpaired) electrons. The molecule has 0 N–H and O–H groups in total. The van der Waals surface area contributed by atoms with E-state index < -0.39 is 21.1 Å². The molecule has 0 amide bonds. The van der Waals surface area contributed by atoms with Gasteiger partial charge in [0.15, 0.2) is 0 Å². The van der Waals surface area contributed by atoms with E-state index in [-0.39, 0.29) is 0 Å². The summed E-state index contributed by atoms with van der Waals surface area (Å²) in [4.78, 5) is 0. The second-order valence-corrected chi connectivity index (χ2v) is 5.09. The maximum atomic E-state index is 10.3. The van der Waals surface area contributed by atoms with Gasteiger partial charge >= 0.3 is 83.8 Å². The first-order valence-corrected chi connectivity index (χ1v) is 7.51. The molecule has 0 heterocycles. The Morgan fingerprint density at radius 3 is 2.50 bits per heavy atom. The van der Waals surface area contributed by atoms with Gasteiger partial charge in [-0.2, -0.15) is 0 Å². The van der Waals surface area contributed by atoms with Gasteiger partial charge in [0.2, 0.25) is 0 Å². The van der Waals surface area contributed by atoms with E-state index in [2.05, 4.69) is 24.3 Å². The Morgan fingerprint density at radius 2 is 1.83 bits per heavy atom. The topological polar surface area (TPSA) is 17.1 Å². The molecule has 0 fully saturated rings. The monoisotopic (exact) mass is 269 g/mol. The third kappa shape index (κ3) is 4.00. The van der Waals surface area contributed by atoms with Gasteiger partial charge in [-0.15, -0.1) is 0 Å². The number of benzene rings is 1. The third-order valence-corrected chi connectivity index (χ3v) is 3.43. The average Bonchev–Trinajstić information content (AvgIpc) is 2.14. The molecule has 0 bridgehead atoms. The number of aryl methyl sites for hydroxylation is 1. The van der Waals surface area contributed by atoms with Crippen molar-refractivity contribution in [2.75, 3.05) is 0 Å². The van der Waals surface area contributed by atoms with Gasteiger partial charge in [0.25, 0.3) is 0 Å². The van der Waals surface area contributed by atoms with E-state index in [1.807, 2.05) is 6.07 Å². The second kappa shape index (κ2) is 6.35. The van der Waals surface area contributed by atoms with Crippen LogP contribution in [0.5, 0.6) is 0 Å². The van der Waals surface area contributed by atoms with Crippen LogP contribution in [0.3, 0.4) is 0 Å². The molecular weight excluding hydrogens is 255 g/mol. The SMILES string of the molecule is [O]=[Sn][CH2]CCCc1ccccc1. The first kappa shape index (κ1) is 9.90. The number of rotatable bonds is 5.